The van der Waals surface area contributed by atoms with Crippen LogP contribution >= 0.6 is 11.6 Å². The minimum Gasteiger partial charge on any atom is -0.505 e. The van der Waals surface area contributed by atoms with Gasteiger partial charge in [0.05, 0.1) is 10.7 Å². The summed E-state index contributed by atoms with van der Waals surface area (Å²) in [5.41, 5.74) is 0.560. The van der Waals surface area contributed by atoms with Crippen molar-refractivity contribution in [3.05, 3.63) is 23.0 Å². The van der Waals surface area contributed by atoms with Gasteiger partial charge in [-0.3, -0.25) is 0 Å². The Kier molecular flexibility index (Phi) is 4.55. The predicted octanol–water partition coefficient (Wildman–Crippen LogP) is 3.91. The van der Waals surface area contributed by atoms with Crippen molar-refractivity contribution in [2.75, 3.05) is 11.9 Å². The van der Waals surface area contributed by atoms with Crippen molar-refractivity contribution >= 4 is 17.3 Å². The molecule has 0 aliphatic heterocycles. The second-order valence-corrected chi connectivity index (χ2v) is 6.73. The standard InChI is InChI=1S/C16H22ClFN2O/c17-13-7-16(21)14(18)8-15(13)19-9-10-1-3-11(4-2-10)20-12-5-6-12/h7-8,10-12,19-21H,1-6,9H2. The van der Waals surface area contributed by atoms with Crippen LogP contribution in [0.25, 0.3) is 0 Å². The lowest BCUT2D eigenvalue weighted by atomic mass is 9.86. The number of hydrogen-bond acceptors (Lipinski definition) is 3. The van der Waals surface area contributed by atoms with Gasteiger partial charge in [-0.15, -0.1) is 0 Å². The number of rotatable bonds is 5. The smallest absolute Gasteiger partial charge is 0.166 e. The van der Waals surface area contributed by atoms with E-state index in [2.05, 4.69) is 10.6 Å². The summed E-state index contributed by atoms with van der Waals surface area (Å²) in [5.74, 6) is -0.438. The Labute approximate surface area is 129 Å². The molecule has 0 amide bonds. The van der Waals surface area contributed by atoms with E-state index in [4.69, 9.17) is 11.6 Å². The van der Waals surface area contributed by atoms with E-state index >= 15 is 0 Å². The normalized spacial score (nSPS) is 25.8. The number of hydrogen-bond donors (Lipinski definition) is 3. The van der Waals surface area contributed by atoms with Crippen LogP contribution in [0, 0.1) is 11.7 Å². The SMILES string of the molecule is Oc1cc(Cl)c(NCC2CCC(NC3CC3)CC2)cc1F. The van der Waals surface area contributed by atoms with E-state index in [1.165, 1.54) is 50.7 Å². The predicted molar refractivity (Wildman–Crippen MR) is 83.5 cm³/mol. The van der Waals surface area contributed by atoms with Gasteiger partial charge < -0.3 is 15.7 Å². The van der Waals surface area contributed by atoms with E-state index in [9.17, 15) is 9.50 Å². The van der Waals surface area contributed by atoms with Crippen molar-refractivity contribution in [1.29, 1.82) is 0 Å². The molecule has 3 nitrogen and oxygen atoms in total. The highest BCUT2D eigenvalue weighted by Gasteiger charge is 2.27. The van der Waals surface area contributed by atoms with E-state index in [0.717, 1.165) is 12.6 Å². The van der Waals surface area contributed by atoms with Crippen LogP contribution in [0.3, 0.4) is 0 Å². The quantitative estimate of drug-likeness (QED) is 0.722. The molecular formula is C16H22ClFN2O. The van der Waals surface area contributed by atoms with Gasteiger partial charge in [0.15, 0.2) is 11.6 Å². The Balaban J connectivity index is 1.46. The summed E-state index contributed by atoms with van der Waals surface area (Å²) >= 11 is 6.01. The summed E-state index contributed by atoms with van der Waals surface area (Å²) < 4.78 is 13.3. The maximum Gasteiger partial charge on any atom is 0.166 e. The topological polar surface area (TPSA) is 44.3 Å². The van der Waals surface area contributed by atoms with Crippen LogP contribution in [-0.4, -0.2) is 23.7 Å². The first kappa shape index (κ1) is 14.9. The number of phenols is 1. The molecule has 1 aromatic carbocycles. The van der Waals surface area contributed by atoms with E-state index in [0.29, 0.717) is 22.7 Å². The van der Waals surface area contributed by atoms with E-state index in [1.807, 2.05) is 0 Å². The van der Waals surface area contributed by atoms with Gasteiger partial charge in [-0.2, -0.15) is 0 Å². The molecule has 1 aromatic rings. The van der Waals surface area contributed by atoms with Crippen molar-refractivity contribution < 1.29 is 9.50 Å². The summed E-state index contributed by atoms with van der Waals surface area (Å²) in [6, 6.07) is 3.97. The third-order valence-corrected chi connectivity index (χ3v) is 4.83. The lowest BCUT2D eigenvalue weighted by molar-refractivity contribution is 0.299. The zero-order valence-electron chi connectivity index (χ0n) is 12.0. The Morgan fingerprint density at radius 1 is 1.10 bits per heavy atom. The van der Waals surface area contributed by atoms with E-state index in [1.54, 1.807) is 0 Å². The number of benzene rings is 1. The number of halogens is 2. The third kappa shape index (κ3) is 4.01. The monoisotopic (exact) mass is 312 g/mol. The van der Waals surface area contributed by atoms with E-state index < -0.39 is 11.6 Å². The van der Waals surface area contributed by atoms with Crippen LogP contribution < -0.4 is 10.6 Å². The fraction of sp³-hybridized carbons (Fsp3) is 0.625. The fourth-order valence-electron chi connectivity index (χ4n) is 3.04. The average Bonchev–Trinajstić information content (AvgIpc) is 3.27. The molecule has 5 heteroatoms. The maximum atomic E-state index is 13.3. The summed E-state index contributed by atoms with van der Waals surface area (Å²) in [6.07, 6.45) is 7.50. The lowest BCUT2D eigenvalue weighted by Crippen LogP contribution is -2.35. The second-order valence-electron chi connectivity index (χ2n) is 6.32. The largest absolute Gasteiger partial charge is 0.505 e. The zero-order chi connectivity index (χ0) is 14.8. The lowest BCUT2D eigenvalue weighted by Gasteiger charge is -2.29. The number of phenolic OH excluding ortho intramolecular Hbond substituents is 1. The molecule has 0 heterocycles. The Morgan fingerprint density at radius 3 is 2.33 bits per heavy atom. The van der Waals surface area contributed by atoms with Crippen molar-refractivity contribution in [1.82, 2.24) is 5.32 Å². The molecule has 116 valence electrons. The molecule has 2 fully saturated rings. The molecule has 2 saturated carbocycles. The van der Waals surface area contributed by atoms with E-state index in [-0.39, 0.29) is 0 Å². The summed E-state index contributed by atoms with van der Waals surface area (Å²) in [6.45, 7) is 0.806. The van der Waals surface area contributed by atoms with Gasteiger partial charge >= 0.3 is 0 Å². The first-order chi connectivity index (χ1) is 10.1. The maximum absolute atomic E-state index is 13.3. The van der Waals surface area contributed by atoms with Crippen molar-refractivity contribution in [3.63, 3.8) is 0 Å². The highest BCUT2D eigenvalue weighted by Crippen LogP contribution is 2.31. The molecule has 0 spiro atoms. The van der Waals surface area contributed by atoms with Gasteiger partial charge in [-0.1, -0.05) is 11.6 Å². The summed E-state index contributed by atoms with van der Waals surface area (Å²) in [4.78, 5) is 0. The third-order valence-electron chi connectivity index (χ3n) is 4.51. The number of aromatic hydroxyl groups is 1. The summed E-state index contributed by atoms with van der Waals surface area (Å²) in [5, 5.41) is 16.5. The van der Waals surface area contributed by atoms with Crippen molar-refractivity contribution in [2.45, 2.75) is 50.6 Å². The highest BCUT2D eigenvalue weighted by molar-refractivity contribution is 6.33. The molecule has 0 radical (unpaired) electrons. The van der Waals surface area contributed by atoms with Crippen LogP contribution in [-0.2, 0) is 0 Å². The Bertz CT molecular complexity index is 499. The molecule has 0 atom stereocenters. The first-order valence-electron chi connectivity index (χ1n) is 7.79. The second kappa shape index (κ2) is 6.41. The van der Waals surface area contributed by atoms with Gasteiger partial charge in [0.25, 0.3) is 0 Å². The van der Waals surface area contributed by atoms with Crippen molar-refractivity contribution in [2.24, 2.45) is 5.92 Å². The van der Waals surface area contributed by atoms with Gasteiger partial charge in [-0.25, -0.2) is 4.39 Å². The van der Waals surface area contributed by atoms with Crippen LogP contribution in [0.1, 0.15) is 38.5 Å². The average molecular weight is 313 g/mol. The molecule has 0 aromatic heterocycles. The minimum absolute atomic E-state index is 0.359. The summed E-state index contributed by atoms with van der Waals surface area (Å²) in [7, 11) is 0. The van der Waals surface area contributed by atoms with Gasteiger partial charge in [0, 0.05) is 30.8 Å². The molecule has 0 bridgehead atoms. The van der Waals surface area contributed by atoms with Gasteiger partial charge in [0.2, 0.25) is 0 Å². The fourth-order valence-corrected chi connectivity index (χ4v) is 3.27. The first-order valence-corrected chi connectivity index (χ1v) is 8.17. The van der Waals surface area contributed by atoms with Crippen LogP contribution in [0.2, 0.25) is 5.02 Å². The Hall–Kier alpha value is -1.00. The number of anilines is 1. The molecule has 0 unspecified atom stereocenters. The van der Waals surface area contributed by atoms with Crippen molar-refractivity contribution in [3.8, 4) is 5.75 Å². The molecular weight excluding hydrogens is 291 g/mol. The highest BCUT2D eigenvalue weighted by atomic mass is 35.5. The molecule has 3 rings (SSSR count). The van der Waals surface area contributed by atoms with Crippen LogP contribution in [0.15, 0.2) is 12.1 Å². The Morgan fingerprint density at radius 2 is 1.71 bits per heavy atom. The van der Waals surface area contributed by atoms with Gasteiger partial charge in [-0.05, 0) is 44.4 Å². The van der Waals surface area contributed by atoms with Gasteiger partial charge in [0.1, 0.15) is 0 Å². The van der Waals surface area contributed by atoms with Crippen LogP contribution in [0.5, 0.6) is 5.75 Å². The molecule has 0 saturated heterocycles. The minimum atomic E-state index is -0.640. The zero-order valence-corrected chi connectivity index (χ0v) is 12.8. The van der Waals surface area contributed by atoms with Crippen LogP contribution in [0.4, 0.5) is 10.1 Å². The molecule has 2 aliphatic carbocycles. The molecule has 3 N–H and O–H groups in total. The molecule has 21 heavy (non-hydrogen) atoms. The number of nitrogens with one attached hydrogen (secondary N) is 2. The molecule has 2 aliphatic rings.